The van der Waals surface area contributed by atoms with Crippen LogP contribution >= 0.6 is 24.0 Å². The summed E-state index contributed by atoms with van der Waals surface area (Å²) in [5.74, 6) is 1.60. The van der Waals surface area contributed by atoms with Gasteiger partial charge in [0, 0.05) is 38.4 Å². The van der Waals surface area contributed by atoms with Gasteiger partial charge in [0.25, 0.3) is 0 Å². The number of nitrogens with one attached hydrogen (secondary N) is 2. The van der Waals surface area contributed by atoms with E-state index >= 15 is 0 Å². The Morgan fingerprint density at radius 3 is 2.43 bits per heavy atom. The van der Waals surface area contributed by atoms with Gasteiger partial charge in [-0.3, -0.25) is 9.67 Å². The number of unbranched alkanes of at least 4 members (excludes halogenated alkanes) is 1. The quantitative estimate of drug-likeness (QED) is 0.373. The maximum absolute atomic E-state index is 4.45. The van der Waals surface area contributed by atoms with E-state index in [9.17, 15) is 0 Å². The smallest absolute Gasteiger partial charge is 0.191 e. The number of rotatable bonds is 8. The lowest BCUT2D eigenvalue weighted by Gasteiger charge is -2.18. The molecule has 134 valence electrons. The van der Waals surface area contributed by atoms with Gasteiger partial charge in [0.05, 0.1) is 5.69 Å². The predicted molar refractivity (Wildman–Crippen MR) is 110 cm³/mol. The number of hydrogen-bond acceptors (Lipinski definition) is 2. The molecule has 0 aliphatic carbocycles. The third-order valence-electron chi connectivity index (χ3n) is 4.42. The average molecular weight is 435 g/mol. The van der Waals surface area contributed by atoms with Crippen LogP contribution in [0.5, 0.6) is 0 Å². The number of guanidine groups is 1. The zero-order chi connectivity index (χ0) is 16.5. The van der Waals surface area contributed by atoms with Crippen molar-refractivity contribution in [2.75, 3.05) is 13.6 Å². The molecule has 0 saturated heterocycles. The van der Waals surface area contributed by atoms with E-state index in [1.54, 1.807) is 0 Å². The number of hydrogen-bond donors (Lipinski definition) is 2. The second-order valence-corrected chi connectivity index (χ2v) is 6.00. The maximum Gasteiger partial charge on any atom is 0.191 e. The highest BCUT2D eigenvalue weighted by molar-refractivity contribution is 14.0. The summed E-state index contributed by atoms with van der Waals surface area (Å²) >= 11 is 0. The molecule has 0 amide bonds. The standard InChI is InChI=1S/C17H33N5.HI/c1-7-9-10-15(8-2)11-19-17(18-5)20-12-16-13(3)21-22(6)14(16)4;/h15H,7-12H2,1-6H3,(H2,18,19,20);1H. The lowest BCUT2D eigenvalue weighted by atomic mass is 9.99. The van der Waals surface area contributed by atoms with E-state index in [0.717, 1.165) is 30.7 Å². The molecule has 1 atom stereocenters. The van der Waals surface area contributed by atoms with E-state index in [1.165, 1.54) is 36.9 Å². The van der Waals surface area contributed by atoms with Gasteiger partial charge in [0.2, 0.25) is 0 Å². The Morgan fingerprint density at radius 1 is 1.26 bits per heavy atom. The van der Waals surface area contributed by atoms with Gasteiger partial charge in [-0.25, -0.2) is 0 Å². The minimum Gasteiger partial charge on any atom is -0.356 e. The summed E-state index contributed by atoms with van der Waals surface area (Å²) in [5, 5.41) is 11.3. The molecule has 1 rings (SSSR count). The van der Waals surface area contributed by atoms with Crippen molar-refractivity contribution in [3.05, 3.63) is 17.0 Å². The second-order valence-electron chi connectivity index (χ2n) is 6.00. The molecule has 1 unspecified atom stereocenters. The van der Waals surface area contributed by atoms with E-state index in [0.29, 0.717) is 0 Å². The molecule has 0 aliphatic heterocycles. The third-order valence-corrected chi connectivity index (χ3v) is 4.42. The summed E-state index contributed by atoms with van der Waals surface area (Å²) in [4.78, 5) is 4.32. The van der Waals surface area contributed by atoms with Gasteiger partial charge < -0.3 is 10.6 Å². The van der Waals surface area contributed by atoms with Gasteiger partial charge in [-0.15, -0.1) is 24.0 Å². The summed E-state index contributed by atoms with van der Waals surface area (Å²) in [6.45, 7) is 10.4. The monoisotopic (exact) mass is 435 g/mol. The fraction of sp³-hybridized carbons (Fsp3) is 0.765. The SMILES string of the molecule is CCCCC(CC)CNC(=NC)NCc1c(C)nn(C)c1C.I. The Morgan fingerprint density at radius 2 is 1.96 bits per heavy atom. The van der Waals surface area contributed by atoms with Crippen molar-refractivity contribution in [3.63, 3.8) is 0 Å². The number of aliphatic imine (C=N–C) groups is 1. The summed E-state index contributed by atoms with van der Waals surface area (Å²) < 4.78 is 1.93. The Bertz CT molecular complexity index is 482. The first kappa shape index (κ1) is 22.2. The lowest BCUT2D eigenvalue weighted by molar-refractivity contribution is 0.443. The van der Waals surface area contributed by atoms with Crippen LogP contribution in [0.15, 0.2) is 4.99 Å². The van der Waals surface area contributed by atoms with Gasteiger partial charge in [-0.1, -0.05) is 33.1 Å². The second kappa shape index (κ2) is 11.7. The Labute approximate surface area is 158 Å². The van der Waals surface area contributed by atoms with Gasteiger partial charge >= 0.3 is 0 Å². The van der Waals surface area contributed by atoms with Crippen molar-refractivity contribution < 1.29 is 0 Å². The van der Waals surface area contributed by atoms with Crippen molar-refractivity contribution in [2.45, 2.75) is 59.9 Å². The summed E-state index contributed by atoms with van der Waals surface area (Å²) in [6.07, 6.45) is 5.08. The molecule has 0 radical (unpaired) electrons. The summed E-state index contributed by atoms with van der Waals surface area (Å²) in [7, 11) is 3.81. The molecule has 6 heteroatoms. The molecule has 1 aromatic rings. The molecule has 0 aromatic carbocycles. The van der Waals surface area contributed by atoms with E-state index < -0.39 is 0 Å². The fourth-order valence-electron chi connectivity index (χ4n) is 2.65. The Kier molecular flexibility index (Phi) is 11.3. The Balaban J connectivity index is 0.00000484. The van der Waals surface area contributed by atoms with E-state index in [-0.39, 0.29) is 24.0 Å². The van der Waals surface area contributed by atoms with Crippen LogP contribution in [0.2, 0.25) is 0 Å². The molecule has 23 heavy (non-hydrogen) atoms. The third kappa shape index (κ3) is 7.10. The van der Waals surface area contributed by atoms with Gasteiger partial charge in [-0.2, -0.15) is 5.10 Å². The number of nitrogens with zero attached hydrogens (tertiary/aromatic N) is 3. The van der Waals surface area contributed by atoms with Crippen LogP contribution in [0, 0.1) is 19.8 Å². The van der Waals surface area contributed by atoms with E-state index in [2.05, 4.69) is 48.4 Å². The number of aryl methyl sites for hydroxylation is 2. The fourth-order valence-corrected chi connectivity index (χ4v) is 2.65. The van der Waals surface area contributed by atoms with E-state index in [1.807, 2.05) is 18.8 Å². The molecule has 0 saturated carbocycles. The number of halogens is 1. The molecule has 0 spiro atoms. The van der Waals surface area contributed by atoms with Crippen LogP contribution in [-0.2, 0) is 13.6 Å². The minimum atomic E-state index is 0. The molecule has 1 heterocycles. The van der Waals surface area contributed by atoms with Crippen LogP contribution in [-0.4, -0.2) is 29.3 Å². The average Bonchev–Trinajstić information content (AvgIpc) is 2.75. The highest BCUT2D eigenvalue weighted by Crippen LogP contribution is 2.12. The van der Waals surface area contributed by atoms with Crippen molar-refractivity contribution in [1.82, 2.24) is 20.4 Å². The maximum atomic E-state index is 4.45. The molecular formula is C17H34IN5. The van der Waals surface area contributed by atoms with Crippen LogP contribution in [0.25, 0.3) is 0 Å². The van der Waals surface area contributed by atoms with Crippen molar-refractivity contribution in [1.29, 1.82) is 0 Å². The van der Waals surface area contributed by atoms with Gasteiger partial charge in [0.1, 0.15) is 0 Å². The largest absolute Gasteiger partial charge is 0.356 e. The highest BCUT2D eigenvalue weighted by atomic mass is 127. The van der Waals surface area contributed by atoms with Crippen LogP contribution < -0.4 is 10.6 Å². The predicted octanol–water partition coefficient (Wildman–Crippen LogP) is 3.54. The van der Waals surface area contributed by atoms with Gasteiger partial charge in [0.15, 0.2) is 5.96 Å². The molecular weight excluding hydrogens is 401 g/mol. The molecule has 0 bridgehead atoms. The zero-order valence-electron chi connectivity index (χ0n) is 15.6. The normalized spacial score (nSPS) is 12.7. The molecule has 0 fully saturated rings. The summed E-state index contributed by atoms with van der Waals surface area (Å²) in [5.41, 5.74) is 3.54. The zero-order valence-corrected chi connectivity index (χ0v) is 17.9. The van der Waals surface area contributed by atoms with Crippen molar-refractivity contribution in [2.24, 2.45) is 18.0 Å². The highest BCUT2D eigenvalue weighted by Gasteiger charge is 2.11. The Hall–Kier alpha value is -0.790. The molecule has 1 aromatic heterocycles. The lowest BCUT2D eigenvalue weighted by Crippen LogP contribution is -2.39. The van der Waals surface area contributed by atoms with Crippen LogP contribution in [0.3, 0.4) is 0 Å². The van der Waals surface area contributed by atoms with E-state index in [4.69, 9.17) is 0 Å². The number of aromatic nitrogens is 2. The van der Waals surface area contributed by atoms with Crippen LogP contribution in [0.1, 0.15) is 56.5 Å². The summed E-state index contributed by atoms with van der Waals surface area (Å²) in [6, 6.07) is 0. The minimum absolute atomic E-state index is 0. The topological polar surface area (TPSA) is 54.2 Å². The first-order valence-corrected chi connectivity index (χ1v) is 8.46. The first-order valence-electron chi connectivity index (χ1n) is 8.46. The molecule has 5 nitrogen and oxygen atoms in total. The van der Waals surface area contributed by atoms with Gasteiger partial charge in [-0.05, 0) is 26.2 Å². The molecule has 0 aliphatic rings. The first-order chi connectivity index (χ1) is 10.5. The molecule has 2 N–H and O–H groups in total. The van der Waals surface area contributed by atoms with Crippen LogP contribution in [0.4, 0.5) is 0 Å². The van der Waals surface area contributed by atoms with Crippen molar-refractivity contribution in [3.8, 4) is 0 Å². The van der Waals surface area contributed by atoms with Crippen molar-refractivity contribution >= 4 is 29.9 Å².